The van der Waals surface area contributed by atoms with E-state index in [9.17, 15) is 9.59 Å². The fraction of sp³-hybridized carbons (Fsp3) is 0.364. The minimum Gasteiger partial charge on any atom is -0.339 e. The number of piperazine rings is 1. The Balaban J connectivity index is 1.40. The highest BCUT2D eigenvalue weighted by atomic mass is 16.2. The molecule has 2 amide bonds. The summed E-state index contributed by atoms with van der Waals surface area (Å²) in [5.74, 6) is 0.685. The number of rotatable bonds is 3. The van der Waals surface area contributed by atoms with Gasteiger partial charge in [0.05, 0.1) is 0 Å². The van der Waals surface area contributed by atoms with Gasteiger partial charge < -0.3 is 9.80 Å². The van der Waals surface area contributed by atoms with E-state index in [1.54, 1.807) is 0 Å². The van der Waals surface area contributed by atoms with Crippen molar-refractivity contribution in [2.45, 2.75) is 19.3 Å². The summed E-state index contributed by atoms with van der Waals surface area (Å²) in [4.78, 5) is 29.2. The number of fused-ring (bicyclic) bond motifs is 1. The molecule has 4 nitrogen and oxygen atoms in total. The molecule has 2 aromatic rings. The molecule has 1 aliphatic heterocycles. The van der Waals surface area contributed by atoms with Gasteiger partial charge in [0.2, 0.25) is 5.91 Å². The van der Waals surface area contributed by atoms with E-state index in [-0.39, 0.29) is 11.8 Å². The number of hydrogen-bond donors (Lipinski definition) is 0. The van der Waals surface area contributed by atoms with E-state index in [0.717, 1.165) is 29.2 Å². The molecule has 134 valence electrons. The first-order chi connectivity index (χ1) is 12.7. The highest BCUT2D eigenvalue weighted by molar-refractivity contribution is 6.07. The van der Waals surface area contributed by atoms with Crippen molar-refractivity contribution in [2.75, 3.05) is 26.2 Å². The minimum atomic E-state index is 0.0626. The zero-order chi connectivity index (χ0) is 17.9. The number of hydrogen-bond acceptors (Lipinski definition) is 2. The third kappa shape index (κ3) is 3.36. The normalized spacial score (nSPS) is 19.9. The average molecular weight is 348 g/mol. The van der Waals surface area contributed by atoms with Crippen molar-refractivity contribution in [2.24, 2.45) is 5.92 Å². The maximum absolute atomic E-state index is 13.0. The summed E-state index contributed by atoms with van der Waals surface area (Å²) >= 11 is 0. The van der Waals surface area contributed by atoms with Gasteiger partial charge in [0.25, 0.3) is 5.91 Å². The predicted molar refractivity (Wildman–Crippen MR) is 103 cm³/mol. The Morgan fingerprint density at radius 3 is 2.42 bits per heavy atom. The molecule has 4 rings (SSSR count). The van der Waals surface area contributed by atoms with Crippen LogP contribution in [0.1, 0.15) is 29.6 Å². The topological polar surface area (TPSA) is 40.6 Å². The van der Waals surface area contributed by atoms with Crippen LogP contribution in [-0.4, -0.2) is 47.8 Å². The molecular formula is C22H24N2O2. The molecule has 0 aromatic heterocycles. The smallest absolute Gasteiger partial charge is 0.254 e. The molecule has 2 aliphatic rings. The molecule has 4 heteroatoms. The van der Waals surface area contributed by atoms with Crippen LogP contribution in [0.5, 0.6) is 0 Å². The quantitative estimate of drug-likeness (QED) is 0.797. The van der Waals surface area contributed by atoms with Gasteiger partial charge in [-0.25, -0.2) is 0 Å². The lowest BCUT2D eigenvalue weighted by atomic mass is 10.0. The van der Waals surface area contributed by atoms with E-state index in [4.69, 9.17) is 0 Å². The lowest BCUT2D eigenvalue weighted by Crippen LogP contribution is -2.50. The van der Waals surface area contributed by atoms with Crippen molar-refractivity contribution in [1.29, 1.82) is 0 Å². The van der Waals surface area contributed by atoms with Crippen LogP contribution in [0.25, 0.3) is 10.8 Å². The van der Waals surface area contributed by atoms with Crippen LogP contribution < -0.4 is 0 Å². The molecule has 1 atom stereocenters. The Bertz CT molecular complexity index is 845. The summed E-state index contributed by atoms with van der Waals surface area (Å²) < 4.78 is 0. The molecule has 0 spiro atoms. The van der Waals surface area contributed by atoms with Gasteiger partial charge in [-0.3, -0.25) is 9.59 Å². The second-order valence-corrected chi connectivity index (χ2v) is 7.17. The van der Waals surface area contributed by atoms with Crippen molar-refractivity contribution >= 4 is 22.6 Å². The Hall–Kier alpha value is -2.62. The van der Waals surface area contributed by atoms with Gasteiger partial charge >= 0.3 is 0 Å². The van der Waals surface area contributed by atoms with Crippen molar-refractivity contribution in [3.8, 4) is 0 Å². The van der Waals surface area contributed by atoms with Crippen molar-refractivity contribution in [1.82, 2.24) is 9.80 Å². The first kappa shape index (κ1) is 16.8. The number of nitrogens with zero attached hydrogens (tertiary/aromatic N) is 2. The molecule has 1 unspecified atom stereocenters. The first-order valence-electron chi connectivity index (χ1n) is 9.44. The maximum atomic E-state index is 13.0. The first-order valence-corrected chi connectivity index (χ1v) is 9.44. The van der Waals surface area contributed by atoms with E-state index in [0.29, 0.717) is 38.5 Å². The van der Waals surface area contributed by atoms with Crippen LogP contribution in [0.15, 0.2) is 54.6 Å². The molecule has 2 aromatic carbocycles. The van der Waals surface area contributed by atoms with Crippen molar-refractivity contribution < 1.29 is 9.59 Å². The molecule has 0 N–H and O–H groups in total. The fourth-order valence-corrected chi connectivity index (χ4v) is 3.96. The van der Waals surface area contributed by atoms with E-state index >= 15 is 0 Å². The number of amides is 2. The van der Waals surface area contributed by atoms with Gasteiger partial charge in [0.15, 0.2) is 0 Å². The van der Waals surface area contributed by atoms with Gasteiger partial charge in [0, 0.05) is 38.2 Å². The Kier molecular flexibility index (Phi) is 4.74. The SMILES string of the molecule is O=C(CC1C=CCC1)N1CCN(C(=O)c2cccc3ccccc23)CC1. The minimum absolute atomic E-state index is 0.0626. The molecule has 1 fully saturated rings. The highest BCUT2D eigenvalue weighted by Gasteiger charge is 2.26. The summed E-state index contributed by atoms with van der Waals surface area (Å²) in [5, 5.41) is 2.07. The predicted octanol–water partition coefficient (Wildman–Crippen LogP) is 3.48. The standard InChI is InChI=1S/C22H24N2O2/c25-21(16-17-6-1-2-7-17)23-12-14-24(15-13-23)22(26)20-11-5-9-18-8-3-4-10-19(18)20/h1,3-6,8-11,17H,2,7,12-16H2. The van der Waals surface area contributed by atoms with Crippen LogP contribution in [0, 0.1) is 5.92 Å². The summed E-state index contributed by atoms with van der Waals surface area (Å²) in [6.45, 7) is 2.47. The largest absolute Gasteiger partial charge is 0.339 e. The van der Waals surface area contributed by atoms with Crippen molar-refractivity contribution in [3.05, 3.63) is 60.2 Å². The van der Waals surface area contributed by atoms with Gasteiger partial charge in [-0.1, -0.05) is 48.6 Å². The van der Waals surface area contributed by atoms with E-state index in [1.807, 2.05) is 52.3 Å². The average Bonchev–Trinajstić information content (AvgIpc) is 3.20. The summed E-state index contributed by atoms with van der Waals surface area (Å²) in [6, 6.07) is 13.8. The van der Waals surface area contributed by atoms with Crippen molar-refractivity contribution in [3.63, 3.8) is 0 Å². The number of carbonyl (C=O) groups excluding carboxylic acids is 2. The summed E-state index contributed by atoms with van der Waals surface area (Å²) in [7, 11) is 0. The molecule has 0 radical (unpaired) electrons. The molecule has 0 saturated carbocycles. The summed E-state index contributed by atoms with van der Waals surface area (Å²) in [6.07, 6.45) is 7.11. The number of carbonyl (C=O) groups is 2. The number of allylic oxidation sites excluding steroid dienone is 2. The third-order valence-corrected chi connectivity index (χ3v) is 5.49. The monoisotopic (exact) mass is 348 g/mol. The Labute approximate surface area is 154 Å². The van der Waals surface area contributed by atoms with E-state index in [1.165, 1.54) is 0 Å². The second-order valence-electron chi connectivity index (χ2n) is 7.17. The van der Waals surface area contributed by atoms with Gasteiger partial charge in [-0.15, -0.1) is 0 Å². The molecule has 1 aliphatic carbocycles. The van der Waals surface area contributed by atoms with Gasteiger partial charge in [-0.2, -0.15) is 0 Å². The number of benzene rings is 2. The van der Waals surface area contributed by atoms with Crippen LogP contribution >= 0.6 is 0 Å². The molecule has 1 heterocycles. The third-order valence-electron chi connectivity index (χ3n) is 5.49. The van der Waals surface area contributed by atoms with E-state index in [2.05, 4.69) is 12.2 Å². The van der Waals surface area contributed by atoms with Crippen LogP contribution in [0.3, 0.4) is 0 Å². The van der Waals surface area contributed by atoms with Crippen LogP contribution in [0.4, 0.5) is 0 Å². The fourth-order valence-electron chi connectivity index (χ4n) is 3.96. The molecular weight excluding hydrogens is 324 g/mol. The second kappa shape index (κ2) is 7.32. The lowest BCUT2D eigenvalue weighted by molar-refractivity contribution is -0.133. The zero-order valence-electron chi connectivity index (χ0n) is 14.9. The van der Waals surface area contributed by atoms with Gasteiger partial charge in [0.1, 0.15) is 0 Å². The van der Waals surface area contributed by atoms with Crippen LogP contribution in [0.2, 0.25) is 0 Å². The maximum Gasteiger partial charge on any atom is 0.254 e. The molecule has 1 saturated heterocycles. The van der Waals surface area contributed by atoms with Gasteiger partial charge in [-0.05, 0) is 35.6 Å². The van der Waals surface area contributed by atoms with Crippen LogP contribution in [-0.2, 0) is 4.79 Å². The Morgan fingerprint density at radius 2 is 1.65 bits per heavy atom. The van der Waals surface area contributed by atoms with E-state index < -0.39 is 0 Å². The summed E-state index contributed by atoms with van der Waals surface area (Å²) in [5.41, 5.74) is 0.749. The zero-order valence-corrected chi connectivity index (χ0v) is 14.9. The highest BCUT2D eigenvalue weighted by Crippen LogP contribution is 2.23. The Morgan fingerprint density at radius 1 is 0.923 bits per heavy atom. The lowest BCUT2D eigenvalue weighted by Gasteiger charge is -2.35. The molecule has 0 bridgehead atoms. The molecule has 26 heavy (non-hydrogen) atoms.